The van der Waals surface area contributed by atoms with Gasteiger partial charge in [-0.25, -0.2) is 0 Å². The third-order valence-corrected chi connectivity index (χ3v) is 3.68. The van der Waals surface area contributed by atoms with E-state index in [-0.39, 0.29) is 0 Å². The fourth-order valence-electron chi connectivity index (χ4n) is 1.87. The first-order chi connectivity index (χ1) is 8.60. The minimum Gasteiger partial charge on any atom is -0.458 e. The molecular formula is C12H12Cl3NO2. The van der Waals surface area contributed by atoms with Crippen molar-refractivity contribution in [2.24, 2.45) is 0 Å². The van der Waals surface area contributed by atoms with E-state index in [2.05, 4.69) is 5.32 Å². The van der Waals surface area contributed by atoms with Crippen LogP contribution in [0.2, 0.25) is 15.1 Å². The summed E-state index contributed by atoms with van der Waals surface area (Å²) in [5.41, 5.74) is 1.42. The highest BCUT2D eigenvalue weighted by molar-refractivity contribution is 6.47. The van der Waals surface area contributed by atoms with Gasteiger partial charge in [-0.15, -0.1) is 0 Å². The number of fused-ring (bicyclic) bond motifs is 1. The molecule has 0 radical (unpaired) electrons. The topological polar surface area (TPSA) is 34.4 Å². The van der Waals surface area contributed by atoms with Crippen LogP contribution in [0.4, 0.5) is 0 Å². The van der Waals surface area contributed by atoms with Crippen LogP contribution in [0.1, 0.15) is 11.3 Å². The molecule has 1 aromatic heterocycles. The number of hydrogen-bond donors (Lipinski definition) is 1. The van der Waals surface area contributed by atoms with Crippen LogP contribution in [0.25, 0.3) is 11.0 Å². The Morgan fingerprint density at radius 2 is 2.00 bits per heavy atom. The maximum absolute atomic E-state index is 6.23. The van der Waals surface area contributed by atoms with Gasteiger partial charge in [-0.3, -0.25) is 0 Å². The van der Waals surface area contributed by atoms with Gasteiger partial charge in [0, 0.05) is 18.1 Å². The molecule has 0 fully saturated rings. The van der Waals surface area contributed by atoms with Gasteiger partial charge in [0.2, 0.25) is 0 Å². The van der Waals surface area contributed by atoms with Gasteiger partial charge >= 0.3 is 0 Å². The highest BCUT2D eigenvalue weighted by atomic mass is 35.5. The molecular weight excluding hydrogens is 296 g/mol. The second-order valence-electron chi connectivity index (χ2n) is 3.83. The van der Waals surface area contributed by atoms with Crippen molar-refractivity contribution >= 4 is 45.8 Å². The number of hydrogen-bond acceptors (Lipinski definition) is 3. The molecule has 6 heteroatoms. The third kappa shape index (κ3) is 2.33. The van der Waals surface area contributed by atoms with Gasteiger partial charge in [-0.1, -0.05) is 34.8 Å². The lowest BCUT2D eigenvalue weighted by atomic mass is 10.1. The summed E-state index contributed by atoms with van der Waals surface area (Å²) < 4.78 is 10.9. The molecule has 1 aromatic carbocycles. The zero-order valence-electron chi connectivity index (χ0n) is 9.94. The number of furan rings is 1. The van der Waals surface area contributed by atoms with Gasteiger partial charge in [0.05, 0.1) is 28.2 Å². The molecule has 2 aromatic rings. The molecule has 0 saturated heterocycles. The lowest BCUT2D eigenvalue weighted by Crippen LogP contribution is -2.06. The Morgan fingerprint density at radius 1 is 1.28 bits per heavy atom. The second-order valence-corrected chi connectivity index (χ2v) is 5.02. The average Bonchev–Trinajstić information content (AvgIpc) is 2.67. The normalized spacial score (nSPS) is 11.4. The van der Waals surface area contributed by atoms with E-state index in [9.17, 15) is 0 Å². The molecule has 2 rings (SSSR count). The number of benzene rings is 1. The predicted molar refractivity (Wildman–Crippen MR) is 74.7 cm³/mol. The Bertz CT molecular complexity index is 580. The second kappa shape index (κ2) is 5.68. The van der Waals surface area contributed by atoms with Crippen molar-refractivity contribution in [3.05, 3.63) is 32.5 Å². The van der Waals surface area contributed by atoms with E-state index in [0.29, 0.717) is 33.8 Å². The van der Waals surface area contributed by atoms with Crippen molar-refractivity contribution < 1.29 is 9.15 Å². The zero-order valence-corrected chi connectivity index (χ0v) is 12.2. The summed E-state index contributed by atoms with van der Waals surface area (Å²) in [6.45, 7) is 0.956. The van der Waals surface area contributed by atoms with Gasteiger partial charge in [0.25, 0.3) is 0 Å². The third-order valence-electron chi connectivity index (χ3n) is 2.62. The molecule has 0 aliphatic rings. The standard InChI is InChI=1S/C12H12Cl3NO2/c1-16-4-9-6(5-17-2)10-11(15)7(13)3-8(14)12(10)18-9/h3,16H,4-5H2,1-2H3. The van der Waals surface area contributed by atoms with Gasteiger partial charge in [-0.2, -0.15) is 0 Å². The van der Waals surface area contributed by atoms with E-state index in [1.807, 2.05) is 7.05 Å². The van der Waals surface area contributed by atoms with Crippen molar-refractivity contribution in [3.63, 3.8) is 0 Å². The molecule has 1 N–H and O–H groups in total. The largest absolute Gasteiger partial charge is 0.458 e. The van der Waals surface area contributed by atoms with Crippen LogP contribution in [0, 0.1) is 0 Å². The first kappa shape index (κ1) is 14.0. The van der Waals surface area contributed by atoms with Crippen molar-refractivity contribution in [2.75, 3.05) is 14.2 Å². The minimum atomic E-state index is 0.389. The first-order valence-corrected chi connectivity index (χ1v) is 6.44. The van der Waals surface area contributed by atoms with Crippen LogP contribution in [-0.2, 0) is 17.9 Å². The summed E-state index contributed by atoms with van der Waals surface area (Å²) in [5.74, 6) is 0.750. The molecule has 0 aliphatic heterocycles. The molecule has 1 heterocycles. The molecule has 0 unspecified atom stereocenters. The fraction of sp³-hybridized carbons (Fsp3) is 0.333. The summed E-state index contributed by atoms with van der Waals surface area (Å²) in [4.78, 5) is 0. The number of halogens is 3. The van der Waals surface area contributed by atoms with E-state index in [1.54, 1.807) is 13.2 Å². The highest BCUT2D eigenvalue weighted by Gasteiger charge is 2.20. The number of rotatable bonds is 4. The van der Waals surface area contributed by atoms with Crippen LogP contribution in [0.15, 0.2) is 10.5 Å². The molecule has 18 heavy (non-hydrogen) atoms. The average molecular weight is 309 g/mol. The summed E-state index contributed by atoms with van der Waals surface area (Å²) in [7, 11) is 3.45. The Balaban J connectivity index is 2.76. The molecule has 3 nitrogen and oxygen atoms in total. The number of ether oxygens (including phenoxy) is 1. The van der Waals surface area contributed by atoms with Crippen LogP contribution >= 0.6 is 34.8 Å². The van der Waals surface area contributed by atoms with E-state index in [0.717, 1.165) is 16.7 Å². The smallest absolute Gasteiger partial charge is 0.154 e. The van der Waals surface area contributed by atoms with Crippen molar-refractivity contribution in [3.8, 4) is 0 Å². The van der Waals surface area contributed by atoms with Crippen LogP contribution < -0.4 is 5.32 Å². The Kier molecular flexibility index (Phi) is 4.41. The minimum absolute atomic E-state index is 0.389. The van der Waals surface area contributed by atoms with Gasteiger partial charge < -0.3 is 14.5 Å². The van der Waals surface area contributed by atoms with Gasteiger partial charge in [0.1, 0.15) is 5.76 Å². The molecule has 0 amide bonds. The summed E-state index contributed by atoms with van der Waals surface area (Å²) in [6, 6.07) is 1.58. The van der Waals surface area contributed by atoms with E-state index in [4.69, 9.17) is 44.0 Å². The van der Waals surface area contributed by atoms with Gasteiger partial charge in [0.15, 0.2) is 5.58 Å². The lowest BCUT2D eigenvalue weighted by molar-refractivity contribution is 0.183. The quantitative estimate of drug-likeness (QED) is 0.857. The SMILES string of the molecule is CNCc1oc2c(Cl)cc(Cl)c(Cl)c2c1COC. The highest BCUT2D eigenvalue weighted by Crippen LogP contribution is 2.40. The summed E-state index contributed by atoms with van der Waals surface area (Å²) >= 11 is 18.4. The molecule has 0 spiro atoms. The molecule has 0 bridgehead atoms. The molecule has 0 aliphatic carbocycles. The fourth-order valence-corrected chi connectivity index (χ4v) is 2.63. The predicted octanol–water partition coefficient (Wildman–Crippen LogP) is 4.26. The number of methoxy groups -OCH3 is 1. The Morgan fingerprint density at radius 3 is 2.61 bits per heavy atom. The summed E-state index contributed by atoms with van der Waals surface area (Å²) in [6.07, 6.45) is 0. The summed E-state index contributed by atoms with van der Waals surface area (Å²) in [5, 5.41) is 5.04. The maximum Gasteiger partial charge on any atom is 0.154 e. The Hall–Kier alpha value is -0.450. The maximum atomic E-state index is 6.23. The number of nitrogens with one attached hydrogen (secondary N) is 1. The van der Waals surface area contributed by atoms with Gasteiger partial charge in [-0.05, 0) is 13.1 Å². The zero-order chi connectivity index (χ0) is 13.3. The molecule has 98 valence electrons. The van der Waals surface area contributed by atoms with Crippen LogP contribution in [-0.4, -0.2) is 14.2 Å². The Labute approximate surface area is 120 Å². The van der Waals surface area contributed by atoms with Crippen molar-refractivity contribution in [2.45, 2.75) is 13.2 Å². The van der Waals surface area contributed by atoms with Crippen molar-refractivity contribution in [1.29, 1.82) is 0 Å². The van der Waals surface area contributed by atoms with Crippen molar-refractivity contribution in [1.82, 2.24) is 5.32 Å². The van der Waals surface area contributed by atoms with E-state index >= 15 is 0 Å². The van der Waals surface area contributed by atoms with E-state index < -0.39 is 0 Å². The van der Waals surface area contributed by atoms with Crippen LogP contribution in [0.3, 0.4) is 0 Å². The van der Waals surface area contributed by atoms with E-state index in [1.165, 1.54) is 0 Å². The lowest BCUT2D eigenvalue weighted by Gasteiger charge is -2.03. The molecule has 0 saturated carbocycles. The molecule has 0 atom stereocenters. The van der Waals surface area contributed by atoms with Crippen LogP contribution in [0.5, 0.6) is 0 Å². The first-order valence-electron chi connectivity index (χ1n) is 5.31. The monoisotopic (exact) mass is 307 g/mol.